The molecule has 158 valence electrons. The van der Waals surface area contributed by atoms with Gasteiger partial charge in [-0.1, -0.05) is 20.8 Å². The van der Waals surface area contributed by atoms with Gasteiger partial charge in [0, 0.05) is 17.1 Å². The van der Waals surface area contributed by atoms with Crippen LogP contribution in [-0.4, -0.2) is 10.5 Å². The van der Waals surface area contributed by atoms with Gasteiger partial charge in [-0.2, -0.15) is 18.2 Å². The molecule has 0 spiro atoms. The Kier molecular flexibility index (Phi) is 5.49. The van der Waals surface area contributed by atoms with Crippen molar-refractivity contribution in [2.75, 3.05) is 0 Å². The Morgan fingerprint density at radius 1 is 1.21 bits per heavy atom. The summed E-state index contributed by atoms with van der Waals surface area (Å²) in [6.45, 7) is 8.47. The van der Waals surface area contributed by atoms with E-state index in [4.69, 9.17) is 0 Å². The zero-order valence-electron chi connectivity index (χ0n) is 16.5. The minimum atomic E-state index is -5.04. The Morgan fingerprint density at radius 3 is 2.34 bits per heavy atom. The number of amides is 1. The van der Waals surface area contributed by atoms with Crippen LogP contribution in [0.1, 0.15) is 60.1 Å². The van der Waals surface area contributed by atoms with Gasteiger partial charge in [-0.05, 0) is 43.2 Å². The molecule has 1 saturated carbocycles. The zero-order valence-corrected chi connectivity index (χ0v) is 17.3. The van der Waals surface area contributed by atoms with Crippen molar-refractivity contribution in [1.29, 1.82) is 0 Å². The Balaban J connectivity index is 2.15. The van der Waals surface area contributed by atoms with Gasteiger partial charge in [0.15, 0.2) is 10.6 Å². The van der Waals surface area contributed by atoms with Gasteiger partial charge in [0.2, 0.25) is 0 Å². The number of aromatic nitrogens is 1. The zero-order chi connectivity index (χ0) is 21.7. The Morgan fingerprint density at radius 2 is 1.83 bits per heavy atom. The molecule has 2 aromatic rings. The van der Waals surface area contributed by atoms with Crippen molar-refractivity contribution in [3.63, 3.8) is 0 Å². The summed E-state index contributed by atoms with van der Waals surface area (Å²) in [7, 11) is 0. The van der Waals surface area contributed by atoms with E-state index in [0.29, 0.717) is 18.5 Å². The summed E-state index contributed by atoms with van der Waals surface area (Å²) in [5.41, 5.74) is -2.34. The molecule has 1 amide bonds. The van der Waals surface area contributed by atoms with E-state index in [9.17, 15) is 26.7 Å². The number of halogens is 5. The smallest absolute Gasteiger partial charge is 0.320 e. The summed E-state index contributed by atoms with van der Waals surface area (Å²) in [6.07, 6.45) is -2.97. The summed E-state index contributed by atoms with van der Waals surface area (Å²) >= 11 is 1.22. The average Bonchev–Trinajstić information content (AvgIpc) is 3.32. The highest BCUT2D eigenvalue weighted by molar-refractivity contribution is 7.09. The van der Waals surface area contributed by atoms with Crippen LogP contribution in [0.4, 0.5) is 22.0 Å². The van der Waals surface area contributed by atoms with Gasteiger partial charge in [-0.15, -0.1) is 11.3 Å². The molecular formula is C20H21F5N2OS. The Hall–Kier alpha value is -2.03. The van der Waals surface area contributed by atoms with E-state index < -0.39 is 34.8 Å². The van der Waals surface area contributed by atoms with Gasteiger partial charge >= 0.3 is 6.18 Å². The van der Waals surface area contributed by atoms with Crippen LogP contribution in [0.3, 0.4) is 0 Å². The molecule has 9 heteroatoms. The van der Waals surface area contributed by atoms with Crippen LogP contribution >= 0.6 is 11.3 Å². The number of alkyl halides is 3. The standard InChI is InChI=1S/C20H21F5N2OS/c1-10-16(19(2,3)4)29-18(27(10)9-11-5-6-11)26-17(28)14-13(21)8-7-12(15(14)22)20(23,24)25/h7-8,11H,5-6,9H2,1-4H3/b26-18-. The summed E-state index contributed by atoms with van der Waals surface area (Å²) in [5.74, 6) is -4.24. The number of thiazole rings is 1. The second kappa shape index (κ2) is 7.34. The van der Waals surface area contributed by atoms with Gasteiger partial charge in [-0.3, -0.25) is 4.79 Å². The minimum absolute atomic E-state index is 0.237. The summed E-state index contributed by atoms with van der Waals surface area (Å²) in [6, 6.07) is 0.717. The van der Waals surface area contributed by atoms with Crippen LogP contribution in [-0.2, 0) is 18.1 Å². The summed E-state index contributed by atoms with van der Waals surface area (Å²) < 4.78 is 69.1. The quantitative estimate of drug-likeness (QED) is 0.581. The second-order valence-corrected chi connectivity index (χ2v) is 9.28. The largest absolute Gasteiger partial charge is 0.419 e. The monoisotopic (exact) mass is 432 g/mol. The maximum absolute atomic E-state index is 14.3. The van der Waals surface area contributed by atoms with E-state index in [1.54, 1.807) is 0 Å². The predicted octanol–water partition coefficient (Wildman–Crippen LogP) is 5.60. The van der Waals surface area contributed by atoms with Crippen molar-refractivity contribution in [2.45, 2.75) is 58.7 Å². The number of nitrogens with zero attached hydrogens (tertiary/aromatic N) is 2. The molecule has 1 fully saturated rings. The predicted molar refractivity (Wildman–Crippen MR) is 99.7 cm³/mol. The Labute approximate surface area is 168 Å². The summed E-state index contributed by atoms with van der Waals surface area (Å²) in [4.78, 5) is 17.6. The molecule has 0 saturated heterocycles. The first-order valence-electron chi connectivity index (χ1n) is 9.15. The highest BCUT2D eigenvalue weighted by Gasteiger charge is 2.37. The molecule has 3 rings (SSSR count). The van der Waals surface area contributed by atoms with Crippen molar-refractivity contribution in [3.05, 3.63) is 50.3 Å². The maximum Gasteiger partial charge on any atom is 0.419 e. The lowest BCUT2D eigenvalue weighted by molar-refractivity contribution is -0.140. The first-order chi connectivity index (χ1) is 13.3. The molecule has 1 aromatic carbocycles. The molecule has 29 heavy (non-hydrogen) atoms. The van der Waals surface area contributed by atoms with Crippen LogP contribution in [0.15, 0.2) is 17.1 Å². The van der Waals surface area contributed by atoms with Gasteiger partial charge in [0.25, 0.3) is 5.91 Å². The van der Waals surface area contributed by atoms with Gasteiger partial charge in [0.05, 0.1) is 5.56 Å². The van der Waals surface area contributed by atoms with Crippen molar-refractivity contribution in [1.82, 2.24) is 4.57 Å². The number of carbonyl (C=O) groups is 1. The molecule has 0 aliphatic heterocycles. The van der Waals surface area contributed by atoms with E-state index in [0.717, 1.165) is 23.4 Å². The van der Waals surface area contributed by atoms with Crippen molar-refractivity contribution in [3.8, 4) is 0 Å². The number of carbonyl (C=O) groups excluding carboxylic acids is 1. The molecule has 0 N–H and O–H groups in total. The second-order valence-electron chi connectivity index (χ2n) is 8.30. The molecule has 0 atom stereocenters. The van der Waals surface area contributed by atoms with Crippen LogP contribution < -0.4 is 4.80 Å². The van der Waals surface area contributed by atoms with E-state index in [1.807, 2.05) is 32.3 Å². The molecule has 0 radical (unpaired) electrons. The number of rotatable bonds is 3. The SMILES string of the molecule is Cc1c(C(C)(C)C)s/c(=N\C(=O)c2c(F)ccc(C(F)(F)F)c2F)n1CC1CC1. The fourth-order valence-corrected chi connectivity index (χ4v) is 4.35. The van der Waals surface area contributed by atoms with E-state index in [-0.39, 0.29) is 16.3 Å². The average molecular weight is 432 g/mol. The first kappa shape index (κ1) is 21.7. The fourth-order valence-electron chi connectivity index (χ4n) is 3.15. The number of benzene rings is 1. The molecule has 1 heterocycles. The molecule has 3 nitrogen and oxygen atoms in total. The van der Waals surface area contributed by atoms with Crippen LogP contribution in [0.25, 0.3) is 0 Å². The lowest BCUT2D eigenvalue weighted by atomic mass is 9.93. The summed E-state index contributed by atoms with van der Waals surface area (Å²) in [5, 5.41) is 0. The van der Waals surface area contributed by atoms with Crippen LogP contribution in [0, 0.1) is 24.5 Å². The van der Waals surface area contributed by atoms with Gasteiger partial charge in [0.1, 0.15) is 11.4 Å². The third kappa shape index (κ3) is 4.44. The third-order valence-corrected chi connectivity index (χ3v) is 6.39. The number of hydrogen-bond acceptors (Lipinski definition) is 2. The van der Waals surface area contributed by atoms with Crippen molar-refractivity contribution in [2.24, 2.45) is 10.9 Å². The van der Waals surface area contributed by atoms with Crippen molar-refractivity contribution < 1.29 is 26.7 Å². The lowest BCUT2D eigenvalue weighted by Crippen LogP contribution is -2.21. The molecule has 0 unspecified atom stereocenters. The van der Waals surface area contributed by atoms with E-state index in [2.05, 4.69) is 4.99 Å². The first-order valence-corrected chi connectivity index (χ1v) is 9.97. The van der Waals surface area contributed by atoms with Crippen molar-refractivity contribution >= 4 is 17.2 Å². The molecule has 1 aliphatic carbocycles. The molecule has 1 aliphatic rings. The molecule has 0 bridgehead atoms. The fraction of sp³-hybridized carbons (Fsp3) is 0.500. The normalized spacial score (nSPS) is 15.8. The van der Waals surface area contributed by atoms with Gasteiger partial charge in [-0.25, -0.2) is 8.78 Å². The minimum Gasteiger partial charge on any atom is -0.320 e. The van der Waals surface area contributed by atoms with E-state index >= 15 is 0 Å². The van der Waals surface area contributed by atoms with Crippen LogP contribution in [0.5, 0.6) is 0 Å². The Bertz CT molecular complexity index is 1020. The van der Waals surface area contributed by atoms with E-state index in [1.165, 1.54) is 11.3 Å². The maximum atomic E-state index is 14.3. The third-order valence-electron chi connectivity index (χ3n) is 4.78. The lowest BCUT2D eigenvalue weighted by Gasteiger charge is -2.17. The topological polar surface area (TPSA) is 34.4 Å². The molecule has 1 aromatic heterocycles. The highest BCUT2D eigenvalue weighted by atomic mass is 32.1. The van der Waals surface area contributed by atoms with Crippen LogP contribution in [0.2, 0.25) is 0 Å². The number of hydrogen-bond donors (Lipinski definition) is 0. The highest BCUT2D eigenvalue weighted by Crippen LogP contribution is 2.35. The van der Waals surface area contributed by atoms with Gasteiger partial charge < -0.3 is 4.57 Å². The molecular weight excluding hydrogens is 411 g/mol.